The van der Waals surface area contributed by atoms with Crippen molar-refractivity contribution in [2.45, 2.75) is 38.1 Å². The summed E-state index contributed by atoms with van der Waals surface area (Å²) in [5.41, 5.74) is 0.863. The summed E-state index contributed by atoms with van der Waals surface area (Å²) in [5.74, 6) is -0.575. The summed E-state index contributed by atoms with van der Waals surface area (Å²) >= 11 is 0. The van der Waals surface area contributed by atoms with Gasteiger partial charge in [0.05, 0.1) is 22.7 Å². The number of anilines is 1. The number of hydrogen-bond donors (Lipinski definition) is 1. The highest BCUT2D eigenvalue weighted by Crippen LogP contribution is 2.29. The normalized spacial score (nSPS) is 16.9. The predicted octanol–water partition coefficient (Wildman–Crippen LogP) is 1.94. The monoisotopic (exact) mass is 360 g/mol. The topological polar surface area (TPSA) is 95.8 Å². The fourth-order valence-electron chi connectivity index (χ4n) is 3.21. The van der Waals surface area contributed by atoms with E-state index in [2.05, 4.69) is 10.2 Å². The number of carbonyl (C=O) groups excluding carboxylic acids is 2. The van der Waals surface area contributed by atoms with Crippen LogP contribution in [0.1, 0.15) is 42.5 Å². The summed E-state index contributed by atoms with van der Waals surface area (Å²) in [6.45, 7) is 1.59. The first-order valence-electron chi connectivity index (χ1n) is 9.04. The molecule has 1 aliphatic carbocycles. The zero-order valence-electron chi connectivity index (χ0n) is 14.9. The third-order valence-electron chi connectivity index (χ3n) is 4.79. The highest BCUT2D eigenvalue weighted by atomic mass is 16.6. The molecule has 1 aromatic rings. The summed E-state index contributed by atoms with van der Waals surface area (Å²) in [6.07, 6.45) is 5.17. The summed E-state index contributed by atoms with van der Waals surface area (Å²) in [4.78, 5) is 39.0. The summed E-state index contributed by atoms with van der Waals surface area (Å²) in [7, 11) is 1.55. The van der Waals surface area contributed by atoms with E-state index in [0.29, 0.717) is 5.69 Å². The van der Waals surface area contributed by atoms with E-state index >= 15 is 0 Å². The maximum atomic E-state index is 12.9. The van der Waals surface area contributed by atoms with Gasteiger partial charge in [-0.2, -0.15) is 0 Å². The van der Waals surface area contributed by atoms with Gasteiger partial charge in [-0.05, 0) is 38.2 Å². The first kappa shape index (κ1) is 18.2. The Morgan fingerprint density at radius 3 is 2.58 bits per heavy atom. The van der Waals surface area contributed by atoms with Crippen LogP contribution in [0.25, 0.3) is 0 Å². The number of nitrogens with zero attached hydrogens (tertiary/aromatic N) is 3. The van der Waals surface area contributed by atoms with Crippen molar-refractivity contribution in [2.24, 2.45) is 0 Å². The van der Waals surface area contributed by atoms with E-state index < -0.39 is 4.92 Å². The van der Waals surface area contributed by atoms with Crippen LogP contribution in [0, 0.1) is 10.1 Å². The highest BCUT2D eigenvalue weighted by Gasteiger charge is 2.27. The molecule has 8 heteroatoms. The van der Waals surface area contributed by atoms with Crippen LogP contribution in [0.3, 0.4) is 0 Å². The average molecular weight is 360 g/mol. The molecule has 1 heterocycles. The minimum atomic E-state index is -0.503. The number of benzene rings is 1. The second kappa shape index (κ2) is 7.72. The number of nitro groups is 1. The Morgan fingerprint density at radius 1 is 1.27 bits per heavy atom. The van der Waals surface area contributed by atoms with Crippen LogP contribution in [0.5, 0.6) is 0 Å². The van der Waals surface area contributed by atoms with Gasteiger partial charge in [0, 0.05) is 38.3 Å². The van der Waals surface area contributed by atoms with Gasteiger partial charge in [-0.25, -0.2) is 0 Å². The molecule has 2 fully saturated rings. The van der Waals surface area contributed by atoms with Crippen LogP contribution in [0.4, 0.5) is 11.4 Å². The first-order valence-corrected chi connectivity index (χ1v) is 9.04. The Morgan fingerprint density at radius 2 is 1.96 bits per heavy atom. The number of piperidine rings is 1. The molecule has 0 atom stereocenters. The zero-order valence-corrected chi connectivity index (χ0v) is 14.9. The number of nitrogens with one attached hydrogen (secondary N) is 1. The number of hydrogen-bond acceptors (Lipinski definition) is 5. The molecule has 8 nitrogen and oxygen atoms in total. The lowest BCUT2D eigenvalue weighted by Crippen LogP contribution is -2.40. The Bertz CT molecular complexity index is 711. The largest absolute Gasteiger partial charge is 0.371 e. The molecule has 0 aromatic heterocycles. The van der Waals surface area contributed by atoms with E-state index in [0.717, 1.165) is 45.2 Å². The van der Waals surface area contributed by atoms with Crippen molar-refractivity contribution >= 4 is 23.2 Å². The van der Waals surface area contributed by atoms with E-state index in [1.807, 2.05) is 0 Å². The Balaban J connectivity index is 1.81. The zero-order chi connectivity index (χ0) is 18.7. The molecule has 1 aromatic carbocycles. The lowest BCUT2D eigenvalue weighted by molar-refractivity contribution is -0.384. The lowest BCUT2D eigenvalue weighted by atomic mass is 10.1. The van der Waals surface area contributed by atoms with E-state index in [1.165, 1.54) is 17.0 Å². The van der Waals surface area contributed by atoms with E-state index in [1.54, 1.807) is 13.1 Å². The number of likely N-dealkylation sites (N-methyl/N-ethyl adjacent to an activating group) is 1. The maximum Gasteiger partial charge on any atom is 0.270 e. The van der Waals surface area contributed by atoms with Crippen molar-refractivity contribution in [1.29, 1.82) is 0 Å². The van der Waals surface area contributed by atoms with Crippen LogP contribution in [-0.2, 0) is 4.79 Å². The fourth-order valence-corrected chi connectivity index (χ4v) is 3.21. The Labute approximate surface area is 152 Å². The third-order valence-corrected chi connectivity index (χ3v) is 4.79. The van der Waals surface area contributed by atoms with Gasteiger partial charge in [0.15, 0.2) is 0 Å². The number of rotatable bonds is 6. The SMILES string of the molecule is CN(CC(=O)NC1CC1)C(=O)c1cc([N+](=O)[O-])ccc1N1CCCCC1. The van der Waals surface area contributed by atoms with Crippen molar-refractivity contribution in [3.05, 3.63) is 33.9 Å². The standard InChI is InChI=1S/C18H24N4O4/c1-20(12-17(23)19-13-5-6-13)18(24)15-11-14(22(25)26)7-8-16(15)21-9-3-2-4-10-21/h7-8,11,13H,2-6,9-10,12H2,1H3,(H,19,23). The van der Waals surface area contributed by atoms with Crippen molar-refractivity contribution in [3.63, 3.8) is 0 Å². The van der Waals surface area contributed by atoms with E-state index in [-0.39, 0.29) is 35.7 Å². The molecule has 0 spiro atoms. The molecule has 0 radical (unpaired) electrons. The second-order valence-corrected chi connectivity index (χ2v) is 7.01. The number of nitro benzene ring substituents is 1. The molecule has 2 amide bonds. The van der Waals surface area contributed by atoms with Crippen LogP contribution in [0.2, 0.25) is 0 Å². The third kappa shape index (κ3) is 4.30. The minimum Gasteiger partial charge on any atom is -0.371 e. The molecule has 140 valence electrons. The highest BCUT2D eigenvalue weighted by molar-refractivity contribution is 6.01. The molecule has 0 unspecified atom stereocenters. The molecule has 2 aliphatic rings. The van der Waals surface area contributed by atoms with E-state index in [4.69, 9.17) is 0 Å². The van der Waals surface area contributed by atoms with Gasteiger partial charge in [0.2, 0.25) is 5.91 Å². The predicted molar refractivity (Wildman–Crippen MR) is 97.3 cm³/mol. The molecule has 1 saturated heterocycles. The summed E-state index contributed by atoms with van der Waals surface area (Å²) in [6, 6.07) is 4.63. The molecule has 1 aliphatic heterocycles. The summed E-state index contributed by atoms with van der Waals surface area (Å²) in [5, 5.41) is 14.0. The molecule has 1 saturated carbocycles. The van der Waals surface area contributed by atoms with Crippen LogP contribution in [-0.4, -0.2) is 54.4 Å². The van der Waals surface area contributed by atoms with Crippen LogP contribution in [0.15, 0.2) is 18.2 Å². The van der Waals surface area contributed by atoms with Crippen molar-refractivity contribution in [1.82, 2.24) is 10.2 Å². The van der Waals surface area contributed by atoms with Crippen LogP contribution >= 0.6 is 0 Å². The van der Waals surface area contributed by atoms with Gasteiger partial charge in [-0.1, -0.05) is 0 Å². The van der Waals surface area contributed by atoms with Gasteiger partial charge in [0.25, 0.3) is 11.6 Å². The molecular weight excluding hydrogens is 336 g/mol. The summed E-state index contributed by atoms with van der Waals surface area (Å²) < 4.78 is 0. The molecule has 3 rings (SSSR count). The smallest absolute Gasteiger partial charge is 0.270 e. The van der Waals surface area contributed by atoms with Gasteiger partial charge < -0.3 is 15.1 Å². The Kier molecular flexibility index (Phi) is 5.39. The minimum absolute atomic E-state index is 0.0581. The van der Waals surface area contributed by atoms with Gasteiger partial charge in [-0.3, -0.25) is 19.7 Å². The molecule has 26 heavy (non-hydrogen) atoms. The van der Waals surface area contributed by atoms with Gasteiger partial charge >= 0.3 is 0 Å². The molecular formula is C18H24N4O4. The number of amides is 2. The first-order chi connectivity index (χ1) is 12.5. The molecule has 1 N–H and O–H groups in total. The number of carbonyl (C=O) groups is 2. The molecule has 0 bridgehead atoms. The van der Waals surface area contributed by atoms with Gasteiger partial charge in [-0.15, -0.1) is 0 Å². The Hall–Kier alpha value is -2.64. The van der Waals surface area contributed by atoms with E-state index in [9.17, 15) is 19.7 Å². The van der Waals surface area contributed by atoms with Gasteiger partial charge in [0.1, 0.15) is 0 Å². The number of non-ortho nitro benzene ring substituents is 1. The van der Waals surface area contributed by atoms with Crippen molar-refractivity contribution < 1.29 is 14.5 Å². The second-order valence-electron chi connectivity index (χ2n) is 7.01. The van der Waals surface area contributed by atoms with Crippen molar-refractivity contribution in [2.75, 3.05) is 31.6 Å². The fraction of sp³-hybridized carbons (Fsp3) is 0.556. The quantitative estimate of drug-likeness (QED) is 0.618. The van der Waals surface area contributed by atoms with Crippen molar-refractivity contribution in [3.8, 4) is 0 Å². The van der Waals surface area contributed by atoms with Crippen LogP contribution < -0.4 is 10.2 Å². The average Bonchev–Trinajstić information content (AvgIpc) is 3.45. The maximum absolute atomic E-state index is 12.9. The lowest BCUT2D eigenvalue weighted by Gasteiger charge is -2.31.